The fourth-order valence-electron chi connectivity index (χ4n) is 3.39. The molecule has 0 saturated carbocycles. The highest BCUT2D eigenvalue weighted by Crippen LogP contribution is 2.37. The van der Waals surface area contributed by atoms with Crippen LogP contribution in [0.2, 0.25) is 0 Å². The minimum absolute atomic E-state index is 0.0397. The first-order chi connectivity index (χ1) is 12.1. The predicted octanol–water partition coefficient (Wildman–Crippen LogP) is 5.03. The number of thiophene rings is 1. The lowest BCUT2D eigenvalue weighted by Crippen LogP contribution is -2.05. The van der Waals surface area contributed by atoms with Gasteiger partial charge in [0.2, 0.25) is 0 Å². The molecule has 2 aromatic heterocycles. The first kappa shape index (κ1) is 16.1. The summed E-state index contributed by atoms with van der Waals surface area (Å²) < 4.78 is 0.725. The van der Waals surface area contributed by atoms with E-state index in [2.05, 4.69) is 43.1 Å². The summed E-state index contributed by atoms with van der Waals surface area (Å²) in [5.41, 5.74) is 4.94. The van der Waals surface area contributed by atoms with Gasteiger partial charge in [0.05, 0.1) is 6.61 Å². The Balaban J connectivity index is 2.10. The van der Waals surface area contributed by atoms with Crippen LogP contribution < -0.4 is 5.56 Å². The number of H-pyrrole nitrogens is 1. The first-order valence-electron chi connectivity index (χ1n) is 8.36. The third-order valence-corrected chi connectivity index (χ3v) is 5.63. The normalized spacial score (nSPS) is 11.7. The lowest BCUT2D eigenvalue weighted by molar-refractivity contribution is 0.282. The molecule has 126 valence electrons. The standard InChI is InChI=1S/C21H19NO2S/c1-12(2)13-3-5-14(6-4-13)18-15(11-23)7-8-17-19(18)16-9-10-25-20(16)21(24)22-17/h3-10,12,23H,11H2,1-2H3,(H,22,24). The minimum Gasteiger partial charge on any atom is -0.392 e. The number of fused-ring (bicyclic) bond motifs is 3. The SMILES string of the molecule is CC(C)c1ccc(-c2c(CO)ccc3[nH]c(=O)c4sccc4c23)cc1. The summed E-state index contributed by atoms with van der Waals surface area (Å²) in [6, 6.07) is 14.2. The molecule has 0 saturated heterocycles. The van der Waals surface area contributed by atoms with E-state index >= 15 is 0 Å². The van der Waals surface area contributed by atoms with Crippen LogP contribution in [0.4, 0.5) is 0 Å². The molecular weight excluding hydrogens is 330 g/mol. The van der Waals surface area contributed by atoms with Gasteiger partial charge >= 0.3 is 0 Å². The van der Waals surface area contributed by atoms with E-state index in [0.29, 0.717) is 5.92 Å². The average Bonchev–Trinajstić information content (AvgIpc) is 3.11. The maximum absolute atomic E-state index is 12.3. The zero-order valence-electron chi connectivity index (χ0n) is 14.2. The van der Waals surface area contributed by atoms with E-state index < -0.39 is 0 Å². The molecule has 2 aromatic carbocycles. The molecule has 0 radical (unpaired) electrons. The second-order valence-corrected chi connectivity index (χ2v) is 7.49. The lowest BCUT2D eigenvalue weighted by atomic mass is 9.92. The summed E-state index contributed by atoms with van der Waals surface area (Å²) in [7, 11) is 0. The van der Waals surface area contributed by atoms with Crippen molar-refractivity contribution in [2.75, 3.05) is 0 Å². The van der Waals surface area contributed by atoms with Crippen molar-refractivity contribution in [3.63, 3.8) is 0 Å². The van der Waals surface area contributed by atoms with Gasteiger partial charge in [-0.1, -0.05) is 44.2 Å². The zero-order valence-corrected chi connectivity index (χ0v) is 15.0. The number of aromatic amines is 1. The molecule has 2 N–H and O–H groups in total. The largest absolute Gasteiger partial charge is 0.392 e. The summed E-state index contributed by atoms with van der Waals surface area (Å²) in [6.07, 6.45) is 0. The number of aliphatic hydroxyl groups is 1. The van der Waals surface area contributed by atoms with Gasteiger partial charge in [0.15, 0.2) is 0 Å². The fourth-order valence-corrected chi connectivity index (χ4v) is 4.18. The van der Waals surface area contributed by atoms with Crippen molar-refractivity contribution in [2.24, 2.45) is 0 Å². The van der Waals surface area contributed by atoms with E-state index in [4.69, 9.17) is 0 Å². The lowest BCUT2D eigenvalue weighted by Gasteiger charge is -2.14. The Labute approximate surface area is 149 Å². The van der Waals surface area contributed by atoms with Crippen molar-refractivity contribution < 1.29 is 5.11 Å². The number of pyridine rings is 1. The second kappa shape index (κ2) is 6.14. The minimum atomic E-state index is -0.0599. The highest BCUT2D eigenvalue weighted by Gasteiger charge is 2.15. The van der Waals surface area contributed by atoms with Crippen LogP contribution in [0.25, 0.3) is 32.1 Å². The molecule has 4 rings (SSSR count). The Bertz CT molecular complexity index is 1120. The Morgan fingerprint density at radius 3 is 2.52 bits per heavy atom. The molecule has 2 heterocycles. The summed E-state index contributed by atoms with van der Waals surface area (Å²) in [5.74, 6) is 0.471. The quantitative estimate of drug-likeness (QED) is 0.545. The van der Waals surface area contributed by atoms with Crippen molar-refractivity contribution in [3.05, 3.63) is 69.3 Å². The molecular formula is C21H19NO2S. The maximum Gasteiger partial charge on any atom is 0.266 e. The van der Waals surface area contributed by atoms with Crippen molar-refractivity contribution in [3.8, 4) is 11.1 Å². The van der Waals surface area contributed by atoms with Gasteiger partial charge < -0.3 is 10.1 Å². The van der Waals surface area contributed by atoms with Crippen LogP contribution in [0.3, 0.4) is 0 Å². The van der Waals surface area contributed by atoms with E-state index in [1.807, 2.05) is 23.6 Å². The van der Waals surface area contributed by atoms with Crippen molar-refractivity contribution >= 4 is 32.3 Å². The Morgan fingerprint density at radius 1 is 1.08 bits per heavy atom. The van der Waals surface area contributed by atoms with E-state index in [1.165, 1.54) is 16.9 Å². The molecule has 0 spiro atoms. The van der Waals surface area contributed by atoms with E-state index in [9.17, 15) is 9.90 Å². The number of aliphatic hydroxyl groups excluding tert-OH is 1. The van der Waals surface area contributed by atoms with Crippen molar-refractivity contribution in [1.82, 2.24) is 4.98 Å². The van der Waals surface area contributed by atoms with Gasteiger partial charge in [-0.15, -0.1) is 11.3 Å². The van der Waals surface area contributed by atoms with Gasteiger partial charge in [-0.05, 0) is 45.7 Å². The zero-order chi connectivity index (χ0) is 17.6. The second-order valence-electron chi connectivity index (χ2n) is 6.57. The molecule has 4 aromatic rings. The average molecular weight is 349 g/mol. The number of aromatic nitrogens is 1. The van der Waals surface area contributed by atoms with Gasteiger partial charge in [-0.2, -0.15) is 0 Å². The van der Waals surface area contributed by atoms with Crippen LogP contribution in [-0.4, -0.2) is 10.1 Å². The fraction of sp³-hybridized carbons (Fsp3) is 0.190. The monoisotopic (exact) mass is 349 g/mol. The topological polar surface area (TPSA) is 53.1 Å². The Morgan fingerprint density at radius 2 is 1.84 bits per heavy atom. The summed E-state index contributed by atoms with van der Waals surface area (Å²) in [6.45, 7) is 4.30. The molecule has 0 fully saturated rings. The summed E-state index contributed by atoms with van der Waals surface area (Å²) in [4.78, 5) is 15.3. The van der Waals surface area contributed by atoms with Crippen molar-refractivity contribution in [2.45, 2.75) is 26.4 Å². The smallest absolute Gasteiger partial charge is 0.266 e. The van der Waals surface area contributed by atoms with Crippen LogP contribution in [0.5, 0.6) is 0 Å². The van der Waals surface area contributed by atoms with Crippen molar-refractivity contribution in [1.29, 1.82) is 0 Å². The highest BCUT2D eigenvalue weighted by atomic mass is 32.1. The third-order valence-electron chi connectivity index (χ3n) is 4.72. The number of rotatable bonds is 3. The van der Waals surface area contributed by atoms with E-state index in [0.717, 1.165) is 37.7 Å². The molecule has 0 aliphatic rings. The molecule has 0 atom stereocenters. The maximum atomic E-state index is 12.3. The van der Waals surface area contributed by atoms with Gasteiger partial charge in [-0.3, -0.25) is 4.79 Å². The Kier molecular flexibility index (Phi) is 3.94. The van der Waals surface area contributed by atoms with Crippen LogP contribution >= 0.6 is 11.3 Å². The molecule has 0 aliphatic carbocycles. The molecule has 0 aliphatic heterocycles. The molecule has 4 heteroatoms. The predicted molar refractivity (Wildman–Crippen MR) is 105 cm³/mol. The molecule has 25 heavy (non-hydrogen) atoms. The van der Waals surface area contributed by atoms with Gasteiger partial charge in [0.25, 0.3) is 5.56 Å². The number of hydrogen-bond acceptors (Lipinski definition) is 3. The van der Waals surface area contributed by atoms with Crippen LogP contribution in [-0.2, 0) is 6.61 Å². The third kappa shape index (κ3) is 2.58. The van der Waals surface area contributed by atoms with Gasteiger partial charge in [-0.25, -0.2) is 0 Å². The Hall–Kier alpha value is -2.43. The van der Waals surface area contributed by atoms with Crippen LogP contribution in [0.1, 0.15) is 30.9 Å². The number of nitrogens with one attached hydrogen (secondary N) is 1. The van der Waals surface area contributed by atoms with Gasteiger partial charge in [0, 0.05) is 16.3 Å². The van der Waals surface area contributed by atoms with Gasteiger partial charge in [0.1, 0.15) is 4.70 Å². The summed E-state index contributed by atoms with van der Waals surface area (Å²) in [5, 5.41) is 13.8. The number of hydrogen-bond donors (Lipinski definition) is 2. The van der Waals surface area contributed by atoms with E-state index in [1.54, 1.807) is 0 Å². The highest BCUT2D eigenvalue weighted by molar-refractivity contribution is 7.17. The number of benzene rings is 2. The first-order valence-corrected chi connectivity index (χ1v) is 9.24. The van der Waals surface area contributed by atoms with Crippen LogP contribution in [0.15, 0.2) is 52.6 Å². The summed E-state index contributed by atoms with van der Waals surface area (Å²) >= 11 is 1.45. The molecule has 0 amide bonds. The molecule has 0 bridgehead atoms. The van der Waals surface area contributed by atoms with Crippen LogP contribution in [0, 0.1) is 0 Å². The molecule has 3 nitrogen and oxygen atoms in total. The molecule has 0 unspecified atom stereocenters. The van der Waals surface area contributed by atoms with E-state index in [-0.39, 0.29) is 12.2 Å².